The predicted octanol–water partition coefficient (Wildman–Crippen LogP) is 1.55. The summed E-state index contributed by atoms with van der Waals surface area (Å²) in [5.41, 5.74) is 0.368. The van der Waals surface area contributed by atoms with Gasteiger partial charge >= 0.3 is 6.18 Å². The van der Waals surface area contributed by atoms with Crippen LogP contribution in [0.1, 0.15) is 5.56 Å². The van der Waals surface area contributed by atoms with Gasteiger partial charge in [0.2, 0.25) is 0 Å². The highest BCUT2D eigenvalue weighted by Gasteiger charge is 2.37. The zero-order valence-corrected chi connectivity index (χ0v) is 6.62. The summed E-state index contributed by atoms with van der Waals surface area (Å²) in [6.45, 7) is 0. The number of aromatic nitrogens is 1. The lowest BCUT2D eigenvalue weighted by Crippen LogP contribution is -2.30. The van der Waals surface area contributed by atoms with Crippen LogP contribution in [0.3, 0.4) is 0 Å². The van der Waals surface area contributed by atoms with Crippen LogP contribution in [0.15, 0.2) is 24.5 Å². The third-order valence-corrected chi connectivity index (χ3v) is 1.53. The van der Waals surface area contributed by atoms with Gasteiger partial charge in [-0.25, -0.2) is 0 Å². The van der Waals surface area contributed by atoms with Crippen molar-refractivity contribution in [2.75, 3.05) is 0 Å². The fourth-order valence-electron chi connectivity index (χ4n) is 0.858. The van der Waals surface area contributed by atoms with Gasteiger partial charge in [0.05, 0.1) is 0 Å². The Morgan fingerprint density at radius 2 is 2.15 bits per heavy atom. The summed E-state index contributed by atoms with van der Waals surface area (Å²) < 4.78 is 35.6. The van der Waals surface area contributed by atoms with E-state index in [-0.39, 0.29) is 0 Å². The molecule has 0 aliphatic carbocycles. The molecule has 5 heteroatoms. The molecule has 0 bridgehead atoms. The second-order valence-electron chi connectivity index (χ2n) is 2.62. The number of aliphatic hydroxyl groups excluding tert-OH is 1. The maximum atomic E-state index is 11.9. The molecule has 2 nitrogen and oxygen atoms in total. The van der Waals surface area contributed by atoms with Crippen molar-refractivity contribution in [1.29, 1.82) is 0 Å². The summed E-state index contributed by atoms with van der Waals surface area (Å²) in [6.07, 6.45) is -4.55. The van der Waals surface area contributed by atoms with Crippen molar-refractivity contribution in [3.8, 4) is 0 Å². The fourth-order valence-corrected chi connectivity index (χ4v) is 0.858. The largest absolute Gasteiger partial charge is 0.414 e. The van der Waals surface area contributed by atoms with E-state index in [9.17, 15) is 13.2 Å². The van der Waals surface area contributed by atoms with E-state index in [1.54, 1.807) is 0 Å². The first kappa shape index (κ1) is 9.98. The Hall–Kier alpha value is -1.10. The topological polar surface area (TPSA) is 33.1 Å². The Morgan fingerprint density at radius 3 is 2.62 bits per heavy atom. The highest BCUT2D eigenvalue weighted by atomic mass is 19.4. The minimum Gasteiger partial charge on any atom is -0.383 e. The van der Waals surface area contributed by atoms with E-state index in [1.807, 2.05) is 0 Å². The summed E-state index contributed by atoms with van der Waals surface area (Å²) in [5, 5.41) is 8.69. The maximum Gasteiger partial charge on any atom is 0.414 e. The number of aliphatic hydroxyl groups is 1. The van der Waals surface area contributed by atoms with Crippen LogP contribution in [0.2, 0.25) is 0 Å². The molecule has 1 N–H and O–H groups in total. The lowest BCUT2D eigenvalue weighted by Gasteiger charge is -2.13. The molecule has 72 valence electrons. The van der Waals surface area contributed by atoms with Crippen molar-refractivity contribution in [1.82, 2.24) is 4.98 Å². The number of alkyl halides is 3. The van der Waals surface area contributed by atoms with Crippen molar-refractivity contribution in [3.05, 3.63) is 30.1 Å². The van der Waals surface area contributed by atoms with Gasteiger partial charge in [0.25, 0.3) is 0 Å². The molecule has 0 saturated heterocycles. The molecule has 1 aromatic heterocycles. The van der Waals surface area contributed by atoms with Crippen LogP contribution in [0.5, 0.6) is 0 Å². The summed E-state index contributed by atoms with van der Waals surface area (Å²) in [7, 11) is 0. The Balaban J connectivity index is 2.61. The predicted molar refractivity (Wildman–Crippen MR) is 40.0 cm³/mol. The average Bonchev–Trinajstić information content (AvgIpc) is 2.04. The Bertz CT molecular complexity index is 260. The molecule has 1 rings (SSSR count). The lowest BCUT2D eigenvalue weighted by atomic mass is 10.1. The van der Waals surface area contributed by atoms with Crippen molar-refractivity contribution in [2.24, 2.45) is 0 Å². The molecule has 0 aromatic carbocycles. The molecule has 1 unspecified atom stereocenters. The second kappa shape index (κ2) is 3.74. The van der Waals surface area contributed by atoms with Gasteiger partial charge in [0, 0.05) is 18.8 Å². The van der Waals surface area contributed by atoms with E-state index in [0.717, 1.165) is 0 Å². The van der Waals surface area contributed by atoms with E-state index in [0.29, 0.717) is 5.56 Å². The third kappa shape index (κ3) is 3.02. The molecular formula is C8H8F3NO. The number of hydrogen-bond donors (Lipinski definition) is 1. The van der Waals surface area contributed by atoms with Gasteiger partial charge in [-0.2, -0.15) is 13.2 Å². The first-order valence-electron chi connectivity index (χ1n) is 3.64. The van der Waals surface area contributed by atoms with E-state index >= 15 is 0 Å². The van der Waals surface area contributed by atoms with Crippen LogP contribution in [-0.2, 0) is 6.42 Å². The molecule has 0 aliphatic heterocycles. The second-order valence-corrected chi connectivity index (χ2v) is 2.62. The van der Waals surface area contributed by atoms with E-state index in [4.69, 9.17) is 5.11 Å². The molecule has 0 radical (unpaired) electrons. The highest BCUT2D eigenvalue weighted by Crippen LogP contribution is 2.22. The number of hydrogen-bond acceptors (Lipinski definition) is 2. The summed E-state index contributed by atoms with van der Waals surface area (Å²) >= 11 is 0. The molecule has 0 aliphatic rings. The molecule has 1 aromatic rings. The standard InChI is InChI=1S/C8H8F3NO/c9-8(10,11)7(13)4-6-2-1-3-12-5-6/h1-3,5,7,13H,4H2. The van der Waals surface area contributed by atoms with Gasteiger partial charge in [-0.05, 0) is 11.6 Å². The van der Waals surface area contributed by atoms with Gasteiger partial charge in [0.15, 0.2) is 6.10 Å². The molecular weight excluding hydrogens is 183 g/mol. The smallest absolute Gasteiger partial charge is 0.383 e. The first-order chi connectivity index (χ1) is 6.00. The monoisotopic (exact) mass is 191 g/mol. The summed E-state index contributed by atoms with van der Waals surface area (Å²) in [5.74, 6) is 0. The molecule has 0 amide bonds. The minimum absolute atomic E-state index is 0.368. The van der Waals surface area contributed by atoms with Crippen LogP contribution in [0.25, 0.3) is 0 Å². The van der Waals surface area contributed by atoms with Crippen LogP contribution >= 0.6 is 0 Å². The molecule has 1 atom stereocenters. The number of rotatable bonds is 2. The highest BCUT2D eigenvalue weighted by molar-refractivity contribution is 5.09. The summed E-state index contributed by atoms with van der Waals surface area (Å²) in [4.78, 5) is 3.64. The first-order valence-corrected chi connectivity index (χ1v) is 3.64. The summed E-state index contributed by atoms with van der Waals surface area (Å²) in [6, 6.07) is 3.01. The quantitative estimate of drug-likeness (QED) is 0.769. The molecule has 1 heterocycles. The molecule has 0 saturated carbocycles. The van der Waals surface area contributed by atoms with E-state index in [2.05, 4.69) is 4.98 Å². The normalized spacial score (nSPS) is 14.2. The van der Waals surface area contributed by atoms with Crippen LogP contribution in [-0.4, -0.2) is 22.4 Å². The van der Waals surface area contributed by atoms with Crippen molar-refractivity contribution < 1.29 is 18.3 Å². The fraction of sp³-hybridized carbons (Fsp3) is 0.375. The van der Waals surface area contributed by atoms with Crippen molar-refractivity contribution >= 4 is 0 Å². The van der Waals surface area contributed by atoms with Crippen molar-refractivity contribution in [3.63, 3.8) is 0 Å². The van der Waals surface area contributed by atoms with Gasteiger partial charge < -0.3 is 5.11 Å². The number of nitrogens with zero attached hydrogens (tertiary/aromatic N) is 1. The van der Waals surface area contributed by atoms with Crippen LogP contribution in [0, 0.1) is 0 Å². The zero-order valence-electron chi connectivity index (χ0n) is 6.62. The van der Waals surface area contributed by atoms with Crippen molar-refractivity contribution in [2.45, 2.75) is 18.7 Å². The molecule has 13 heavy (non-hydrogen) atoms. The van der Waals surface area contributed by atoms with E-state index < -0.39 is 18.7 Å². The lowest BCUT2D eigenvalue weighted by molar-refractivity contribution is -0.203. The van der Waals surface area contributed by atoms with Gasteiger partial charge in [-0.1, -0.05) is 6.07 Å². The van der Waals surface area contributed by atoms with Gasteiger partial charge in [0.1, 0.15) is 0 Å². The SMILES string of the molecule is OC(Cc1cccnc1)C(F)(F)F. The number of halogens is 3. The Morgan fingerprint density at radius 1 is 1.46 bits per heavy atom. The van der Waals surface area contributed by atoms with Gasteiger partial charge in [-0.15, -0.1) is 0 Å². The third-order valence-electron chi connectivity index (χ3n) is 1.53. The van der Waals surface area contributed by atoms with Crippen LogP contribution in [0.4, 0.5) is 13.2 Å². The minimum atomic E-state index is -4.56. The molecule has 0 fully saturated rings. The molecule has 0 spiro atoms. The van der Waals surface area contributed by atoms with E-state index in [1.165, 1.54) is 24.5 Å². The maximum absolute atomic E-state index is 11.9. The Labute approximate surface area is 73.0 Å². The van der Waals surface area contributed by atoms with Crippen LogP contribution < -0.4 is 0 Å². The van der Waals surface area contributed by atoms with Gasteiger partial charge in [-0.3, -0.25) is 4.98 Å². The zero-order chi connectivity index (χ0) is 9.90. The Kier molecular flexibility index (Phi) is 2.87. The number of pyridine rings is 1. The average molecular weight is 191 g/mol.